The second-order valence-corrected chi connectivity index (χ2v) is 8.97. The Morgan fingerprint density at radius 3 is 2.58 bits per heavy atom. The zero-order valence-electron chi connectivity index (χ0n) is 19.2. The first-order valence-electron chi connectivity index (χ1n) is 11.9. The molecule has 6 nitrogen and oxygen atoms in total. The number of anilines is 1. The minimum atomic E-state index is 0.239. The molecule has 2 aromatic carbocycles. The normalized spacial score (nSPS) is 19.5. The molecule has 1 aromatic heterocycles. The predicted octanol–water partition coefficient (Wildman–Crippen LogP) is 4.58. The molecule has 5 rings (SSSR count). The number of nitrogens with zero attached hydrogens (tertiary/aromatic N) is 4. The van der Waals surface area contributed by atoms with Crippen molar-refractivity contribution in [2.45, 2.75) is 38.5 Å². The Morgan fingerprint density at radius 2 is 1.76 bits per heavy atom. The number of likely N-dealkylation sites (tertiary alicyclic amines) is 1. The maximum atomic E-state index is 6.03. The number of nitrogen functional groups attached to an aromatic ring is 1. The summed E-state index contributed by atoms with van der Waals surface area (Å²) in [5, 5.41) is 4.62. The third-order valence-electron chi connectivity index (χ3n) is 6.71. The zero-order valence-corrected chi connectivity index (χ0v) is 19.2. The van der Waals surface area contributed by atoms with Crippen LogP contribution in [0.2, 0.25) is 0 Å². The number of aryl methyl sites for hydroxylation is 1. The lowest BCUT2D eigenvalue weighted by atomic mass is 9.78. The third-order valence-corrected chi connectivity index (χ3v) is 6.71. The molecule has 0 saturated carbocycles. The average Bonchev–Trinajstić information content (AvgIpc) is 3.35. The molecule has 0 radical (unpaired) electrons. The Morgan fingerprint density at radius 1 is 1.00 bits per heavy atom. The van der Waals surface area contributed by atoms with Gasteiger partial charge in [-0.1, -0.05) is 59.8 Å². The summed E-state index contributed by atoms with van der Waals surface area (Å²) in [7, 11) is 0. The monoisotopic (exact) mass is 441 g/mol. The van der Waals surface area contributed by atoms with Gasteiger partial charge in [0.1, 0.15) is 6.61 Å². The molecule has 1 atom stereocenters. The van der Waals surface area contributed by atoms with Gasteiger partial charge in [-0.05, 0) is 61.9 Å². The molecule has 1 saturated heterocycles. The molecule has 170 valence electrons. The fraction of sp³-hybridized carbons (Fsp3) is 0.370. The number of aromatic nitrogens is 2. The fourth-order valence-electron chi connectivity index (χ4n) is 5.16. The smallest absolute Gasteiger partial charge is 0.220 e. The molecule has 0 spiro atoms. The first-order valence-corrected chi connectivity index (χ1v) is 11.9. The molecule has 1 aliphatic carbocycles. The highest BCUT2D eigenvalue weighted by atomic mass is 16.6. The van der Waals surface area contributed by atoms with Gasteiger partial charge in [0.15, 0.2) is 0 Å². The molecule has 33 heavy (non-hydrogen) atoms. The summed E-state index contributed by atoms with van der Waals surface area (Å²) in [6, 6.07) is 19.2. The minimum Gasteiger partial charge on any atom is -0.394 e. The molecular weight excluding hydrogens is 410 g/mol. The van der Waals surface area contributed by atoms with E-state index in [4.69, 9.17) is 10.6 Å². The first kappa shape index (κ1) is 21.6. The lowest BCUT2D eigenvalue weighted by Gasteiger charge is -2.28. The molecule has 2 aliphatic rings. The number of hydrogen-bond acceptors (Lipinski definition) is 6. The Kier molecular flexibility index (Phi) is 6.35. The SMILES string of the molecule is Cc1nc(N)nc2c1/C(=N/OCCN1CCCC1)CC(c1ccccc1-c1ccccc1)C2. The summed E-state index contributed by atoms with van der Waals surface area (Å²) in [6.07, 6.45) is 4.15. The molecule has 3 aromatic rings. The van der Waals surface area contributed by atoms with Crippen LogP contribution in [0.25, 0.3) is 11.1 Å². The zero-order chi connectivity index (χ0) is 22.6. The van der Waals surface area contributed by atoms with E-state index in [1.165, 1.54) is 29.5 Å². The van der Waals surface area contributed by atoms with Gasteiger partial charge in [0.25, 0.3) is 0 Å². The van der Waals surface area contributed by atoms with E-state index < -0.39 is 0 Å². The van der Waals surface area contributed by atoms with Crippen molar-refractivity contribution >= 4 is 11.7 Å². The van der Waals surface area contributed by atoms with Crippen molar-refractivity contribution < 1.29 is 4.84 Å². The van der Waals surface area contributed by atoms with Gasteiger partial charge in [-0.15, -0.1) is 0 Å². The summed E-state index contributed by atoms with van der Waals surface area (Å²) >= 11 is 0. The second kappa shape index (κ2) is 9.71. The Hall–Kier alpha value is -3.25. The number of nitrogens with two attached hydrogens (primary N) is 1. The third kappa shape index (κ3) is 4.76. The molecule has 0 amide bonds. The molecule has 0 bridgehead atoms. The molecule has 1 fully saturated rings. The van der Waals surface area contributed by atoms with Crippen molar-refractivity contribution in [2.24, 2.45) is 5.16 Å². The van der Waals surface area contributed by atoms with Crippen LogP contribution in [0.5, 0.6) is 0 Å². The molecule has 6 heteroatoms. The first-order chi connectivity index (χ1) is 16.2. The topological polar surface area (TPSA) is 76.6 Å². The van der Waals surface area contributed by atoms with Crippen LogP contribution < -0.4 is 5.73 Å². The number of oxime groups is 1. The fourth-order valence-corrected chi connectivity index (χ4v) is 5.16. The highest BCUT2D eigenvalue weighted by Gasteiger charge is 2.30. The van der Waals surface area contributed by atoms with Gasteiger partial charge in [0.05, 0.1) is 17.1 Å². The standard InChI is InChI=1S/C27H31N5O/c1-19-26-24(30-27(28)29-19)17-21(18-25(26)31-33-16-15-32-13-7-8-14-32)23-12-6-5-11-22(23)20-9-3-2-4-10-20/h2-6,9-12,21H,7-8,13-18H2,1H3,(H2,28,29,30)/b31-25+. The number of rotatable bonds is 6. The van der Waals surface area contributed by atoms with E-state index in [1.54, 1.807) is 0 Å². The predicted molar refractivity (Wildman–Crippen MR) is 132 cm³/mol. The van der Waals surface area contributed by atoms with Crippen LogP contribution in [0.15, 0.2) is 59.8 Å². The maximum absolute atomic E-state index is 6.03. The van der Waals surface area contributed by atoms with Gasteiger partial charge in [-0.2, -0.15) is 0 Å². The van der Waals surface area contributed by atoms with Crippen LogP contribution >= 0.6 is 0 Å². The highest BCUT2D eigenvalue weighted by molar-refractivity contribution is 6.03. The van der Waals surface area contributed by atoms with Gasteiger partial charge in [0, 0.05) is 18.5 Å². The Bertz CT molecular complexity index is 1140. The lowest BCUT2D eigenvalue weighted by molar-refractivity contribution is 0.118. The van der Waals surface area contributed by atoms with Gasteiger partial charge < -0.3 is 10.6 Å². The van der Waals surface area contributed by atoms with Crippen LogP contribution in [0.3, 0.4) is 0 Å². The van der Waals surface area contributed by atoms with Gasteiger partial charge in [-0.25, -0.2) is 9.97 Å². The minimum absolute atomic E-state index is 0.239. The molecular formula is C27H31N5O. The summed E-state index contributed by atoms with van der Waals surface area (Å²) in [4.78, 5) is 17.3. The van der Waals surface area contributed by atoms with Crippen LogP contribution in [-0.4, -0.2) is 46.8 Å². The van der Waals surface area contributed by atoms with Crippen molar-refractivity contribution in [3.63, 3.8) is 0 Å². The molecule has 2 heterocycles. The Labute approximate surface area is 195 Å². The number of benzene rings is 2. The van der Waals surface area contributed by atoms with Crippen LogP contribution in [0.1, 0.15) is 47.7 Å². The van der Waals surface area contributed by atoms with Crippen molar-refractivity contribution in [1.29, 1.82) is 0 Å². The summed E-state index contributed by atoms with van der Waals surface area (Å²) in [5.74, 6) is 0.557. The van der Waals surface area contributed by atoms with Gasteiger partial charge in [-0.3, -0.25) is 4.90 Å². The van der Waals surface area contributed by atoms with Crippen molar-refractivity contribution in [3.8, 4) is 11.1 Å². The second-order valence-electron chi connectivity index (χ2n) is 8.97. The maximum Gasteiger partial charge on any atom is 0.220 e. The molecule has 2 N–H and O–H groups in total. The van der Waals surface area contributed by atoms with E-state index in [-0.39, 0.29) is 5.92 Å². The molecule has 1 unspecified atom stereocenters. The van der Waals surface area contributed by atoms with Gasteiger partial charge in [0.2, 0.25) is 5.95 Å². The number of hydrogen-bond donors (Lipinski definition) is 1. The van der Waals surface area contributed by atoms with Crippen molar-refractivity contribution in [3.05, 3.63) is 77.1 Å². The van der Waals surface area contributed by atoms with E-state index in [2.05, 4.69) is 74.6 Å². The van der Waals surface area contributed by atoms with E-state index in [0.717, 1.165) is 55.1 Å². The summed E-state index contributed by atoms with van der Waals surface area (Å²) in [5.41, 5.74) is 13.5. The van der Waals surface area contributed by atoms with E-state index in [0.29, 0.717) is 12.6 Å². The number of fused-ring (bicyclic) bond motifs is 1. The van der Waals surface area contributed by atoms with Crippen molar-refractivity contribution in [1.82, 2.24) is 14.9 Å². The van der Waals surface area contributed by atoms with E-state index >= 15 is 0 Å². The van der Waals surface area contributed by atoms with Gasteiger partial charge >= 0.3 is 0 Å². The Balaban J connectivity index is 1.45. The van der Waals surface area contributed by atoms with E-state index in [9.17, 15) is 0 Å². The summed E-state index contributed by atoms with van der Waals surface area (Å²) in [6.45, 7) is 5.82. The van der Waals surface area contributed by atoms with Crippen LogP contribution in [-0.2, 0) is 11.3 Å². The van der Waals surface area contributed by atoms with Crippen LogP contribution in [0, 0.1) is 6.92 Å². The lowest BCUT2D eigenvalue weighted by Crippen LogP contribution is -2.25. The highest BCUT2D eigenvalue weighted by Crippen LogP contribution is 2.38. The molecule has 1 aliphatic heterocycles. The van der Waals surface area contributed by atoms with E-state index in [1.807, 2.05) is 6.92 Å². The average molecular weight is 442 g/mol. The van der Waals surface area contributed by atoms with Crippen molar-refractivity contribution in [2.75, 3.05) is 32.0 Å². The quantitative estimate of drug-likeness (QED) is 0.448. The van der Waals surface area contributed by atoms with Crippen LogP contribution in [0.4, 0.5) is 5.95 Å². The summed E-state index contributed by atoms with van der Waals surface area (Å²) < 4.78 is 0. The largest absolute Gasteiger partial charge is 0.394 e.